The van der Waals surface area contributed by atoms with Crippen molar-refractivity contribution in [3.05, 3.63) is 71.5 Å². The van der Waals surface area contributed by atoms with E-state index in [0.29, 0.717) is 6.54 Å². The minimum absolute atomic E-state index is 0.00325. The lowest BCUT2D eigenvalue weighted by molar-refractivity contribution is 0.0949. The average Bonchev–Trinajstić information content (AvgIpc) is 3.05. The second kappa shape index (κ2) is 6.27. The quantitative estimate of drug-likeness (QED) is 0.543. The summed E-state index contributed by atoms with van der Waals surface area (Å²) < 4.78 is 1.90. The third kappa shape index (κ3) is 2.58. The van der Waals surface area contributed by atoms with Crippen molar-refractivity contribution in [1.82, 2.24) is 20.1 Å². The van der Waals surface area contributed by atoms with Crippen LogP contribution in [-0.2, 0) is 19.4 Å². The Hall–Kier alpha value is -3.47. The molecule has 0 spiro atoms. The maximum Gasteiger partial charge on any atom is 0.269 e. The van der Waals surface area contributed by atoms with Gasteiger partial charge in [0.1, 0.15) is 5.69 Å². The number of aromatic nitrogens is 3. The highest BCUT2D eigenvalue weighted by Gasteiger charge is 2.29. The molecule has 2 aliphatic rings. The highest BCUT2D eigenvalue weighted by atomic mass is 16.2. The Morgan fingerprint density at radius 2 is 1.90 bits per heavy atom. The lowest BCUT2D eigenvalue weighted by Crippen LogP contribution is -2.24. The first kappa shape index (κ1) is 16.5. The van der Waals surface area contributed by atoms with Gasteiger partial charge < -0.3 is 5.32 Å². The average molecular weight is 380 g/mol. The summed E-state index contributed by atoms with van der Waals surface area (Å²) in [6.07, 6.45) is 4.61. The molecule has 2 aromatic carbocycles. The smallest absolute Gasteiger partial charge is 0.269 e. The molecule has 0 unspecified atom stereocenters. The summed E-state index contributed by atoms with van der Waals surface area (Å²) in [4.78, 5) is 17.3. The number of hydrogen-bond acceptors (Lipinski definition) is 3. The van der Waals surface area contributed by atoms with Gasteiger partial charge in [-0.2, -0.15) is 5.10 Å². The minimum Gasteiger partial charge on any atom is -0.351 e. The van der Waals surface area contributed by atoms with Gasteiger partial charge in [-0.1, -0.05) is 36.4 Å². The third-order valence-electron chi connectivity index (χ3n) is 6.03. The van der Waals surface area contributed by atoms with E-state index < -0.39 is 0 Å². The highest BCUT2D eigenvalue weighted by molar-refractivity contribution is 5.96. The van der Waals surface area contributed by atoms with Crippen molar-refractivity contribution in [2.24, 2.45) is 0 Å². The lowest BCUT2D eigenvalue weighted by atomic mass is 9.89. The summed E-state index contributed by atoms with van der Waals surface area (Å²) in [7, 11) is 0. The zero-order valence-electron chi connectivity index (χ0n) is 16.0. The number of pyridine rings is 1. The number of hydrogen-bond donors (Lipinski definition) is 1. The molecular formula is C24H20N4O. The Kier molecular flexibility index (Phi) is 3.57. The number of fused-ring (bicyclic) bond motifs is 6. The molecule has 6 rings (SSSR count). The number of amides is 1. The number of benzene rings is 2. The molecule has 0 atom stereocenters. The number of carbonyl (C=O) groups excluding carboxylic acids is 1. The molecule has 0 fully saturated rings. The van der Waals surface area contributed by atoms with Gasteiger partial charge in [-0.3, -0.25) is 14.5 Å². The molecule has 5 heteroatoms. The Morgan fingerprint density at radius 3 is 2.83 bits per heavy atom. The summed E-state index contributed by atoms with van der Waals surface area (Å²) in [5.74, 6) is 0.00325. The van der Waals surface area contributed by atoms with Crippen LogP contribution in [0.2, 0.25) is 0 Å². The number of rotatable bonds is 1. The molecule has 29 heavy (non-hydrogen) atoms. The standard InChI is InChI=1S/C24H20N4O/c29-24-23-19-9-8-18-14-26-21(17-7-6-15-4-1-2-5-16(15)12-17)13-20(18)22(19)27-28(23)11-3-10-25-24/h1-2,4-7,12-14H,3,8-11H2,(H,25,29). The molecule has 5 nitrogen and oxygen atoms in total. The number of aryl methyl sites for hydroxylation is 2. The fourth-order valence-electron chi connectivity index (χ4n) is 4.55. The molecular weight excluding hydrogens is 360 g/mol. The summed E-state index contributed by atoms with van der Waals surface area (Å²) in [6.45, 7) is 1.49. The van der Waals surface area contributed by atoms with Gasteiger partial charge in [0.05, 0.1) is 11.4 Å². The van der Waals surface area contributed by atoms with E-state index in [-0.39, 0.29) is 5.91 Å². The van der Waals surface area contributed by atoms with Crippen molar-refractivity contribution in [3.63, 3.8) is 0 Å². The summed E-state index contributed by atoms with van der Waals surface area (Å²) in [5.41, 5.74) is 7.11. The Balaban J connectivity index is 1.50. The van der Waals surface area contributed by atoms with Gasteiger partial charge in [-0.25, -0.2) is 0 Å². The van der Waals surface area contributed by atoms with E-state index in [1.807, 2.05) is 10.9 Å². The van der Waals surface area contributed by atoms with Crippen LogP contribution in [-0.4, -0.2) is 27.2 Å². The first-order valence-corrected chi connectivity index (χ1v) is 10.1. The Bertz CT molecular complexity index is 1290. The van der Waals surface area contributed by atoms with Crippen LogP contribution >= 0.6 is 0 Å². The van der Waals surface area contributed by atoms with Crippen molar-refractivity contribution in [2.45, 2.75) is 25.8 Å². The molecule has 4 aromatic rings. The fraction of sp³-hybridized carbons (Fsp3) is 0.208. The normalized spacial score (nSPS) is 15.2. The van der Waals surface area contributed by atoms with Crippen LogP contribution in [0.1, 0.15) is 28.0 Å². The largest absolute Gasteiger partial charge is 0.351 e. The van der Waals surface area contributed by atoms with E-state index in [1.165, 1.54) is 16.3 Å². The number of nitrogens with one attached hydrogen (secondary N) is 1. The van der Waals surface area contributed by atoms with Crippen LogP contribution in [0.3, 0.4) is 0 Å². The van der Waals surface area contributed by atoms with Crippen LogP contribution < -0.4 is 5.32 Å². The van der Waals surface area contributed by atoms with Gasteiger partial charge in [0, 0.05) is 36.0 Å². The van der Waals surface area contributed by atoms with Gasteiger partial charge in [0.25, 0.3) is 5.91 Å². The van der Waals surface area contributed by atoms with Crippen LogP contribution in [0.4, 0.5) is 0 Å². The molecule has 1 aliphatic carbocycles. The van der Waals surface area contributed by atoms with Gasteiger partial charge >= 0.3 is 0 Å². The van der Waals surface area contributed by atoms with Gasteiger partial charge in [-0.15, -0.1) is 0 Å². The summed E-state index contributed by atoms with van der Waals surface area (Å²) in [6, 6.07) is 16.9. The molecule has 1 amide bonds. The monoisotopic (exact) mass is 380 g/mol. The molecule has 0 bridgehead atoms. The second-order valence-electron chi connectivity index (χ2n) is 7.80. The molecule has 0 saturated carbocycles. The Labute approximate surface area is 168 Å². The highest BCUT2D eigenvalue weighted by Crippen LogP contribution is 2.37. The molecule has 1 N–H and O–H groups in total. The van der Waals surface area contributed by atoms with Gasteiger partial charge in [-0.05, 0) is 47.7 Å². The first-order chi connectivity index (χ1) is 14.3. The maximum absolute atomic E-state index is 12.6. The summed E-state index contributed by atoms with van der Waals surface area (Å²) in [5, 5.41) is 10.3. The van der Waals surface area contributed by atoms with E-state index >= 15 is 0 Å². The predicted octanol–water partition coefficient (Wildman–Crippen LogP) is 4.00. The predicted molar refractivity (Wildman–Crippen MR) is 113 cm³/mol. The molecule has 1 aliphatic heterocycles. The van der Waals surface area contributed by atoms with Gasteiger partial charge in [0.2, 0.25) is 0 Å². The first-order valence-electron chi connectivity index (χ1n) is 10.1. The van der Waals surface area contributed by atoms with Gasteiger partial charge in [0.15, 0.2) is 0 Å². The molecule has 0 radical (unpaired) electrons. The zero-order chi connectivity index (χ0) is 19.4. The fourth-order valence-corrected chi connectivity index (χ4v) is 4.55. The Morgan fingerprint density at radius 1 is 1.00 bits per heavy atom. The third-order valence-corrected chi connectivity index (χ3v) is 6.03. The van der Waals surface area contributed by atoms with E-state index in [1.54, 1.807) is 0 Å². The van der Waals surface area contributed by atoms with E-state index in [9.17, 15) is 4.79 Å². The van der Waals surface area contributed by atoms with Crippen molar-refractivity contribution >= 4 is 16.7 Å². The SMILES string of the molecule is O=C1NCCCn2nc3c(c21)CCc1cnc(-c2ccc4ccccc4c2)cc1-3. The topological polar surface area (TPSA) is 59.8 Å². The van der Waals surface area contributed by atoms with Crippen LogP contribution in [0, 0.1) is 0 Å². The van der Waals surface area contributed by atoms with Crippen LogP contribution in [0.25, 0.3) is 33.3 Å². The molecule has 142 valence electrons. The molecule has 0 saturated heterocycles. The van der Waals surface area contributed by atoms with E-state index in [4.69, 9.17) is 10.1 Å². The van der Waals surface area contributed by atoms with Crippen LogP contribution in [0.5, 0.6) is 0 Å². The second-order valence-corrected chi connectivity index (χ2v) is 7.80. The lowest BCUT2D eigenvalue weighted by Gasteiger charge is -2.17. The minimum atomic E-state index is 0.00325. The van der Waals surface area contributed by atoms with Crippen molar-refractivity contribution < 1.29 is 4.79 Å². The number of carbonyl (C=O) groups is 1. The summed E-state index contributed by atoms with van der Waals surface area (Å²) >= 11 is 0. The van der Waals surface area contributed by atoms with E-state index in [0.717, 1.165) is 59.6 Å². The maximum atomic E-state index is 12.6. The molecule has 3 heterocycles. The molecule has 2 aromatic heterocycles. The number of nitrogens with zero attached hydrogens (tertiary/aromatic N) is 3. The van der Waals surface area contributed by atoms with Crippen molar-refractivity contribution in [3.8, 4) is 22.5 Å². The van der Waals surface area contributed by atoms with Crippen molar-refractivity contribution in [2.75, 3.05) is 6.54 Å². The van der Waals surface area contributed by atoms with Crippen LogP contribution in [0.15, 0.2) is 54.7 Å². The van der Waals surface area contributed by atoms with Crippen molar-refractivity contribution in [1.29, 1.82) is 0 Å². The van der Waals surface area contributed by atoms with E-state index in [2.05, 4.69) is 53.8 Å². The zero-order valence-corrected chi connectivity index (χ0v) is 16.0.